The van der Waals surface area contributed by atoms with Crippen molar-refractivity contribution in [1.82, 2.24) is 9.21 Å². The molecule has 2 aliphatic rings. The molecule has 0 aromatic heterocycles. The van der Waals surface area contributed by atoms with Crippen LogP contribution in [0.5, 0.6) is 0 Å². The monoisotopic (exact) mass is 413 g/mol. The van der Waals surface area contributed by atoms with E-state index in [1.54, 1.807) is 12.1 Å². The Kier molecular flexibility index (Phi) is 5.99. The third-order valence-electron chi connectivity index (χ3n) is 5.61. The zero-order valence-electron chi connectivity index (χ0n) is 16.5. The zero-order chi connectivity index (χ0) is 20.3. The van der Waals surface area contributed by atoms with Gasteiger partial charge in [-0.1, -0.05) is 12.1 Å². The van der Waals surface area contributed by atoms with Gasteiger partial charge in [0.25, 0.3) is 5.91 Å². The van der Waals surface area contributed by atoms with Crippen molar-refractivity contribution in [2.24, 2.45) is 0 Å². The first-order chi connectivity index (χ1) is 14.0. The van der Waals surface area contributed by atoms with Crippen LogP contribution < -0.4 is 5.32 Å². The lowest BCUT2D eigenvalue weighted by Crippen LogP contribution is -2.27. The Balaban J connectivity index is 1.42. The quantitative estimate of drug-likeness (QED) is 0.789. The van der Waals surface area contributed by atoms with Crippen molar-refractivity contribution < 1.29 is 13.2 Å². The van der Waals surface area contributed by atoms with Gasteiger partial charge in [0, 0.05) is 30.9 Å². The first-order valence-electron chi connectivity index (χ1n) is 10.3. The Labute approximate surface area is 172 Å². The Morgan fingerprint density at radius 1 is 0.897 bits per heavy atom. The molecule has 0 unspecified atom stereocenters. The van der Waals surface area contributed by atoms with Crippen molar-refractivity contribution in [3.05, 3.63) is 59.7 Å². The highest BCUT2D eigenvalue weighted by Gasteiger charge is 2.27. The third-order valence-corrected chi connectivity index (χ3v) is 7.52. The summed E-state index contributed by atoms with van der Waals surface area (Å²) in [6, 6.07) is 14.1. The van der Waals surface area contributed by atoms with Crippen LogP contribution in [0.2, 0.25) is 0 Å². The fraction of sp³-hybridized carbons (Fsp3) is 0.409. The van der Waals surface area contributed by atoms with Crippen LogP contribution in [-0.4, -0.2) is 49.7 Å². The van der Waals surface area contributed by atoms with E-state index in [4.69, 9.17) is 0 Å². The van der Waals surface area contributed by atoms with Crippen molar-refractivity contribution >= 4 is 21.6 Å². The Hall–Kier alpha value is -2.22. The first kappa shape index (κ1) is 20.1. The molecule has 154 valence electrons. The molecule has 0 bridgehead atoms. The summed E-state index contributed by atoms with van der Waals surface area (Å²) in [6.07, 6.45) is 4.30. The minimum absolute atomic E-state index is 0.239. The topological polar surface area (TPSA) is 69.7 Å². The predicted molar refractivity (Wildman–Crippen MR) is 113 cm³/mol. The van der Waals surface area contributed by atoms with Crippen molar-refractivity contribution in [2.75, 3.05) is 31.5 Å². The molecule has 2 fully saturated rings. The lowest BCUT2D eigenvalue weighted by molar-refractivity contribution is 0.102. The van der Waals surface area contributed by atoms with E-state index in [0.29, 0.717) is 18.7 Å². The molecule has 2 aromatic rings. The summed E-state index contributed by atoms with van der Waals surface area (Å²) >= 11 is 0. The number of benzene rings is 2. The van der Waals surface area contributed by atoms with Gasteiger partial charge in [-0.2, -0.15) is 4.31 Å². The van der Waals surface area contributed by atoms with Crippen LogP contribution >= 0.6 is 0 Å². The number of hydrogen-bond donors (Lipinski definition) is 1. The minimum atomic E-state index is -3.46. The SMILES string of the molecule is O=C(Nc1cccc(CN2CCCC2)c1)c1ccc(S(=O)(=O)N2CCCC2)cc1. The average molecular weight is 414 g/mol. The Bertz CT molecular complexity index is 961. The van der Waals surface area contributed by atoms with E-state index >= 15 is 0 Å². The second kappa shape index (κ2) is 8.65. The molecule has 4 rings (SSSR count). The Morgan fingerprint density at radius 3 is 2.24 bits per heavy atom. The third kappa shape index (κ3) is 4.69. The molecular formula is C22H27N3O3S. The number of nitrogens with zero attached hydrogens (tertiary/aromatic N) is 2. The zero-order valence-corrected chi connectivity index (χ0v) is 17.3. The molecule has 2 heterocycles. The van der Waals surface area contributed by atoms with Gasteiger partial charge < -0.3 is 5.32 Å². The fourth-order valence-corrected chi connectivity index (χ4v) is 5.52. The van der Waals surface area contributed by atoms with Gasteiger partial charge in [-0.25, -0.2) is 8.42 Å². The van der Waals surface area contributed by atoms with E-state index in [-0.39, 0.29) is 10.8 Å². The number of carbonyl (C=O) groups excluding carboxylic acids is 1. The maximum atomic E-state index is 12.6. The lowest BCUT2D eigenvalue weighted by atomic mass is 10.1. The van der Waals surface area contributed by atoms with E-state index in [2.05, 4.69) is 16.3 Å². The molecule has 0 saturated carbocycles. The molecule has 29 heavy (non-hydrogen) atoms. The molecule has 2 saturated heterocycles. The number of carbonyl (C=O) groups is 1. The van der Waals surface area contributed by atoms with Crippen LogP contribution in [-0.2, 0) is 16.6 Å². The number of rotatable bonds is 6. The highest BCUT2D eigenvalue weighted by atomic mass is 32.2. The summed E-state index contributed by atoms with van der Waals surface area (Å²) in [5.41, 5.74) is 2.37. The molecule has 2 aromatic carbocycles. The second-order valence-corrected chi connectivity index (χ2v) is 9.71. The molecule has 0 aliphatic carbocycles. The molecule has 0 atom stereocenters. The molecule has 0 radical (unpaired) electrons. The second-order valence-electron chi connectivity index (χ2n) is 7.77. The molecule has 1 N–H and O–H groups in total. The van der Waals surface area contributed by atoms with Crippen molar-refractivity contribution in [3.8, 4) is 0 Å². The molecule has 1 amide bonds. The van der Waals surface area contributed by atoms with Gasteiger partial charge in [-0.3, -0.25) is 9.69 Å². The van der Waals surface area contributed by atoms with E-state index in [9.17, 15) is 13.2 Å². The van der Waals surface area contributed by atoms with E-state index in [0.717, 1.165) is 38.2 Å². The lowest BCUT2D eigenvalue weighted by Gasteiger charge is -2.16. The van der Waals surface area contributed by atoms with E-state index in [1.807, 2.05) is 18.2 Å². The Morgan fingerprint density at radius 2 is 1.55 bits per heavy atom. The van der Waals surface area contributed by atoms with Crippen molar-refractivity contribution in [2.45, 2.75) is 37.1 Å². The van der Waals surface area contributed by atoms with Gasteiger partial charge >= 0.3 is 0 Å². The summed E-state index contributed by atoms with van der Waals surface area (Å²) in [5, 5.41) is 2.92. The van der Waals surface area contributed by atoms with Gasteiger partial charge in [-0.05, 0) is 80.7 Å². The number of hydrogen-bond acceptors (Lipinski definition) is 4. The highest BCUT2D eigenvalue weighted by molar-refractivity contribution is 7.89. The summed E-state index contributed by atoms with van der Waals surface area (Å²) in [4.78, 5) is 15.3. The number of likely N-dealkylation sites (tertiary alicyclic amines) is 1. The van der Waals surface area contributed by atoms with Crippen LogP contribution in [0.25, 0.3) is 0 Å². The fourth-order valence-electron chi connectivity index (χ4n) is 4.01. The van der Waals surface area contributed by atoms with Crippen molar-refractivity contribution in [3.63, 3.8) is 0 Å². The average Bonchev–Trinajstić information content (AvgIpc) is 3.43. The van der Waals surface area contributed by atoms with Gasteiger partial charge in [0.2, 0.25) is 10.0 Å². The maximum Gasteiger partial charge on any atom is 0.255 e. The number of sulfonamides is 1. The molecule has 2 aliphatic heterocycles. The smallest absolute Gasteiger partial charge is 0.255 e. The molecular weight excluding hydrogens is 386 g/mol. The minimum Gasteiger partial charge on any atom is -0.322 e. The van der Waals surface area contributed by atoms with Crippen LogP contribution in [0.4, 0.5) is 5.69 Å². The van der Waals surface area contributed by atoms with Gasteiger partial charge in [0.1, 0.15) is 0 Å². The van der Waals surface area contributed by atoms with Crippen LogP contribution in [0, 0.1) is 0 Å². The highest BCUT2D eigenvalue weighted by Crippen LogP contribution is 2.22. The van der Waals surface area contributed by atoms with Gasteiger partial charge in [0.15, 0.2) is 0 Å². The van der Waals surface area contributed by atoms with Gasteiger partial charge in [-0.15, -0.1) is 0 Å². The van der Waals surface area contributed by atoms with Crippen LogP contribution in [0.3, 0.4) is 0 Å². The predicted octanol–water partition coefficient (Wildman–Crippen LogP) is 3.32. The summed E-state index contributed by atoms with van der Waals surface area (Å²) in [5.74, 6) is -0.242. The molecule has 0 spiro atoms. The van der Waals surface area contributed by atoms with E-state index in [1.165, 1.54) is 34.8 Å². The van der Waals surface area contributed by atoms with Crippen LogP contribution in [0.1, 0.15) is 41.6 Å². The van der Waals surface area contributed by atoms with E-state index < -0.39 is 10.0 Å². The normalized spacial score (nSPS) is 18.2. The number of anilines is 1. The standard InChI is InChI=1S/C22H27N3O3S/c26-22(23-20-7-5-6-18(16-20)17-24-12-1-2-13-24)19-8-10-21(11-9-19)29(27,28)25-14-3-4-15-25/h5-11,16H,1-4,12-15,17H2,(H,23,26). The molecule has 6 nitrogen and oxygen atoms in total. The maximum absolute atomic E-state index is 12.6. The number of nitrogens with one attached hydrogen (secondary N) is 1. The first-order valence-corrected chi connectivity index (χ1v) is 11.7. The molecule has 7 heteroatoms. The van der Waals surface area contributed by atoms with Gasteiger partial charge in [0.05, 0.1) is 4.90 Å². The summed E-state index contributed by atoms with van der Waals surface area (Å²) in [7, 11) is -3.46. The van der Waals surface area contributed by atoms with Crippen molar-refractivity contribution in [1.29, 1.82) is 0 Å². The summed E-state index contributed by atoms with van der Waals surface area (Å²) < 4.78 is 26.7. The summed E-state index contributed by atoms with van der Waals surface area (Å²) in [6.45, 7) is 4.29. The van der Waals surface area contributed by atoms with Crippen LogP contribution in [0.15, 0.2) is 53.4 Å². The largest absolute Gasteiger partial charge is 0.322 e. The number of amides is 1.